The van der Waals surface area contributed by atoms with E-state index in [0.717, 1.165) is 6.54 Å². The molecule has 0 aromatic carbocycles. The highest BCUT2D eigenvalue weighted by atomic mass is 15.2. The summed E-state index contributed by atoms with van der Waals surface area (Å²) in [5, 5.41) is 0. The van der Waals surface area contributed by atoms with Gasteiger partial charge in [-0.15, -0.1) is 0 Å². The van der Waals surface area contributed by atoms with Crippen molar-refractivity contribution in [1.29, 1.82) is 0 Å². The predicted octanol–water partition coefficient (Wildman–Crippen LogP) is 8.01. The lowest BCUT2D eigenvalue weighted by Gasteiger charge is -2.48. The van der Waals surface area contributed by atoms with E-state index in [9.17, 15) is 0 Å². The van der Waals surface area contributed by atoms with Gasteiger partial charge in [0.1, 0.15) is 0 Å². The SMILES string of the molecule is CCN(C(C)CC(C)(C)CCC(C)(C)N(C(C)C)C(C)CC(C)(C)C)C(C)(C)C. The molecule has 0 amide bonds. The summed E-state index contributed by atoms with van der Waals surface area (Å²) in [7, 11) is 0. The lowest BCUT2D eigenvalue weighted by molar-refractivity contribution is 0.00919. The van der Waals surface area contributed by atoms with E-state index in [-0.39, 0.29) is 11.1 Å². The molecular formula is C27H58N2. The average molecular weight is 411 g/mol. The Morgan fingerprint density at radius 2 is 1.14 bits per heavy atom. The molecule has 0 aliphatic rings. The molecule has 0 spiro atoms. The Morgan fingerprint density at radius 3 is 1.48 bits per heavy atom. The van der Waals surface area contributed by atoms with Crippen molar-refractivity contribution in [3.63, 3.8) is 0 Å². The molecule has 2 heteroatoms. The van der Waals surface area contributed by atoms with E-state index in [2.05, 4.69) is 114 Å². The predicted molar refractivity (Wildman–Crippen MR) is 134 cm³/mol. The fourth-order valence-corrected chi connectivity index (χ4v) is 6.02. The van der Waals surface area contributed by atoms with Crippen molar-refractivity contribution >= 4 is 0 Å². The second kappa shape index (κ2) is 10.5. The molecule has 176 valence electrons. The van der Waals surface area contributed by atoms with Gasteiger partial charge in [0.2, 0.25) is 0 Å². The third kappa shape index (κ3) is 10.2. The first-order chi connectivity index (χ1) is 12.7. The molecule has 2 unspecified atom stereocenters. The van der Waals surface area contributed by atoms with Crippen LogP contribution in [-0.2, 0) is 0 Å². The molecule has 2 atom stereocenters. The second-order valence-electron chi connectivity index (χ2n) is 13.6. The van der Waals surface area contributed by atoms with Crippen LogP contribution in [0.4, 0.5) is 0 Å². The van der Waals surface area contributed by atoms with E-state index >= 15 is 0 Å². The molecule has 29 heavy (non-hydrogen) atoms. The maximum atomic E-state index is 2.78. The molecular weight excluding hydrogens is 352 g/mol. The van der Waals surface area contributed by atoms with Crippen molar-refractivity contribution in [2.45, 2.75) is 159 Å². The highest BCUT2D eigenvalue weighted by Gasteiger charge is 2.36. The van der Waals surface area contributed by atoms with Crippen molar-refractivity contribution in [1.82, 2.24) is 9.80 Å². The third-order valence-electron chi connectivity index (χ3n) is 6.63. The zero-order chi connectivity index (χ0) is 23.4. The van der Waals surface area contributed by atoms with Crippen LogP contribution in [-0.4, -0.2) is 45.5 Å². The first kappa shape index (κ1) is 28.9. The van der Waals surface area contributed by atoms with Crippen LogP contribution in [0.15, 0.2) is 0 Å². The van der Waals surface area contributed by atoms with Crippen molar-refractivity contribution in [3.8, 4) is 0 Å². The zero-order valence-corrected chi connectivity index (χ0v) is 23.2. The third-order valence-corrected chi connectivity index (χ3v) is 6.63. The van der Waals surface area contributed by atoms with Crippen molar-refractivity contribution < 1.29 is 0 Å². The summed E-state index contributed by atoms with van der Waals surface area (Å²) in [5.41, 5.74) is 1.17. The lowest BCUT2D eigenvalue weighted by atomic mass is 9.76. The maximum Gasteiger partial charge on any atom is 0.0158 e. The summed E-state index contributed by atoms with van der Waals surface area (Å²) >= 11 is 0. The molecule has 0 heterocycles. The molecule has 0 bridgehead atoms. The largest absolute Gasteiger partial charge is 0.296 e. The fraction of sp³-hybridized carbons (Fsp3) is 1.00. The van der Waals surface area contributed by atoms with Gasteiger partial charge in [-0.3, -0.25) is 9.80 Å². The van der Waals surface area contributed by atoms with Crippen LogP contribution in [0, 0.1) is 10.8 Å². The van der Waals surface area contributed by atoms with Gasteiger partial charge < -0.3 is 0 Å². The molecule has 0 radical (unpaired) electrons. The van der Waals surface area contributed by atoms with E-state index in [4.69, 9.17) is 0 Å². The quantitative estimate of drug-likeness (QED) is 0.340. The minimum atomic E-state index is 0.216. The van der Waals surface area contributed by atoms with Crippen LogP contribution in [0.2, 0.25) is 0 Å². The maximum absolute atomic E-state index is 2.78. The van der Waals surface area contributed by atoms with Crippen molar-refractivity contribution in [2.75, 3.05) is 6.54 Å². The molecule has 0 aromatic rings. The van der Waals surface area contributed by atoms with Gasteiger partial charge in [0.05, 0.1) is 0 Å². The van der Waals surface area contributed by atoms with Gasteiger partial charge in [-0.2, -0.15) is 0 Å². The van der Waals surface area contributed by atoms with Gasteiger partial charge in [-0.25, -0.2) is 0 Å². The topological polar surface area (TPSA) is 6.48 Å². The summed E-state index contributed by atoms with van der Waals surface area (Å²) in [6, 6.07) is 1.78. The van der Waals surface area contributed by atoms with E-state index in [1.165, 1.54) is 25.7 Å². The minimum Gasteiger partial charge on any atom is -0.296 e. The van der Waals surface area contributed by atoms with Gasteiger partial charge in [-0.1, -0.05) is 41.5 Å². The lowest BCUT2D eigenvalue weighted by Crippen LogP contribution is -2.53. The van der Waals surface area contributed by atoms with E-state index in [1.807, 2.05) is 0 Å². The molecule has 0 aliphatic heterocycles. The summed E-state index contributed by atoms with van der Waals surface area (Å²) in [5.74, 6) is 0. The van der Waals surface area contributed by atoms with Crippen molar-refractivity contribution in [3.05, 3.63) is 0 Å². The summed E-state index contributed by atoms with van der Waals surface area (Å²) in [6.07, 6.45) is 5.03. The van der Waals surface area contributed by atoms with Crippen LogP contribution >= 0.6 is 0 Å². The second-order valence-corrected chi connectivity index (χ2v) is 13.6. The Balaban J connectivity index is 5.21. The Labute approximate surface area is 186 Å². The molecule has 0 saturated heterocycles. The first-order valence-corrected chi connectivity index (χ1v) is 12.3. The normalized spacial score (nSPS) is 16.8. The van der Waals surface area contributed by atoms with Gasteiger partial charge in [0.25, 0.3) is 0 Å². The first-order valence-electron chi connectivity index (χ1n) is 12.3. The van der Waals surface area contributed by atoms with Gasteiger partial charge in [0, 0.05) is 29.2 Å². The number of nitrogens with zero attached hydrogens (tertiary/aromatic N) is 2. The Bertz CT molecular complexity index is 462. The Hall–Kier alpha value is -0.0800. The zero-order valence-electron chi connectivity index (χ0n) is 23.2. The highest BCUT2D eigenvalue weighted by molar-refractivity contribution is 4.91. The minimum absolute atomic E-state index is 0.216. The van der Waals surface area contributed by atoms with E-state index < -0.39 is 0 Å². The van der Waals surface area contributed by atoms with E-state index in [1.54, 1.807) is 0 Å². The molecule has 0 aliphatic carbocycles. The number of rotatable bonds is 11. The molecule has 0 fully saturated rings. The molecule has 0 saturated carbocycles. The van der Waals surface area contributed by atoms with Gasteiger partial charge in [0.15, 0.2) is 0 Å². The molecule has 0 aromatic heterocycles. The standard InChI is InChI=1S/C27H58N2/c1-16-28(25(9,10)11)22(4)20-26(12,13)17-18-27(14,15)29(21(2)3)23(5)19-24(6,7)8/h21-23H,16-20H2,1-15H3. The molecule has 0 N–H and O–H groups in total. The van der Waals surface area contributed by atoms with Crippen molar-refractivity contribution in [2.24, 2.45) is 10.8 Å². The van der Waals surface area contributed by atoms with Gasteiger partial charge in [-0.05, 0) is 105 Å². The molecule has 2 nitrogen and oxygen atoms in total. The highest BCUT2D eigenvalue weighted by Crippen LogP contribution is 2.37. The van der Waals surface area contributed by atoms with Crippen LogP contribution in [0.25, 0.3) is 0 Å². The van der Waals surface area contributed by atoms with Crippen LogP contribution in [0.3, 0.4) is 0 Å². The Morgan fingerprint density at radius 1 is 0.655 bits per heavy atom. The van der Waals surface area contributed by atoms with Crippen LogP contribution in [0.1, 0.15) is 130 Å². The monoisotopic (exact) mass is 410 g/mol. The smallest absolute Gasteiger partial charge is 0.0158 e. The van der Waals surface area contributed by atoms with E-state index in [0.29, 0.717) is 29.0 Å². The number of hydrogen-bond acceptors (Lipinski definition) is 2. The summed E-state index contributed by atoms with van der Waals surface area (Å²) < 4.78 is 0. The number of hydrogen-bond donors (Lipinski definition) is 0. The van der Waals surface area contributed by atoms with Crippen LogP contribution in [0.5, 0.6) is 0 Å². The Kier molecular flexibility index (Phi) is 10.5. The molecule has 0 rings (SSSR count). The average Bonchev–Trinajstić information content (AvgIpc) is 2.41. The summed E-state index contributed by atoms with van der Waals surface area (Å²) in [4.78, 5) is 5.44. The van der Waals surface area contributed by atoms with Crippen LogP contribution < -0.4 is 0 Å². The summed E-state index contributed by atoms with van der Waals surface area (Å²) in [6.45, 7) is 37.1. The van der Waals surface area contributed by atoms with Gasteiger partial charge >= 0.3 is 0 Å². The fourth-order valence-electron chi connectivity index (χ4n) is 6.02.